The van der Waals surface area contributed by atoms with Gasteiger partial charge in [0.15, 0.2) is 11.2 Å². The fourth-order valence-electron chi connectivity index (χ4n) is 4.36. The van der Waals surface area contributed by atoms with Crippen LogP contribution < -0.4 is 10.6 Å². The fraction of sp³-hybridized carbons (Fsp3) is 0.407. The van der Waals surface area contributed by atoms with Gasteiger partial charge in [-0.2, -0.15) is 0 Å². The minimum absolute atomic E-state index is 0.171. The van der Waals surface area contributed by atoms with E-state index in [2.05, 4.69) is 48.3 Å². The molecule has 4 heterocycles. The highest BCUT2D eigenvalue weighted by Crippen LogP contribution is 2.25. The molecule has 2 aromatic heterocycles. The van der Waals surface area contributed by atoms with E-state index in [1.54, 1.807) is 0 Å². The molecule has 8 nitrogen and oxygen atoms in total. The summed E-state index contributed by atoms with van der Waals surface area (Å²) in [5.74, 6) is 2.95. The second-order valence-corrected chi connectivity index (χ2v) is 11.1. The third-order valence-corrected chi connectivity index (χ3v) is 6.51. The van der Waals surface area contributed by atoms with Gasteiger partial charge in [0.2, 0.25) is 11.8 Å². The Bertz CT molecular complexity index is 1380. The lowest BCUT2D eigenvalue weighted by molar-refractivity contribution is 0.362. The monoisotopic (exact) mass is 470 g/mol. The summed E-state index contributed by atoms with van der Waals surface area (Å²) in [5, 5.41) is 6.87. The molecule has 0 atom stereocenters. The van der Waals surface area contributed by atoms with Gasteiger partial charge in [0.1, 0.15) is 29.1 Å². The topological polar surface area (TPSA) is 101 Å². The van der Waals surface area contributed by atoms with Crippen LogP contribution >= 0.6 is 0 Å². The number of fused-ring (bicyclic) bond motifs is 2. The first kappa shape index (κ1) is 21.8. The number of hydrogen-bond acceptors (Lipinski definition) is 8. The molecule has 0 amide bonds. The van der Waals surface area contributed by atoms with Crippen LogP contribution in [0.3, 0.4) is 0 Å². The van der Waals surface area contributed by atoms with Crippen molar-refractivity contribution in [1.82, 2.24) is 20.6 Å². The summed E-state index contributed by atoms with van der Waals surface area (Å²) >= 11 is 0. The van der Waals surface area contributed by atoms with Crippen LogP contribution in [0.2, 0.25) is 0 Å². The van der Waals surface area contributed by atoms with E-state index in [-0.39, 0.29) is 10.8 Å². The van der Waals surface area contributed by atoms with E-state index in [0.717, 1.165) is 71.2 Å². The van der Waals surface area contributed by atoms with Crippen molar-refractivity contribution < 1.29 is 8.83 Å². The van der Waals surface area contributed by atoms with Crippen molar-refractivity contribution in [3.63, 3.8) is 0 Å². The van der Waals surface area contributed by atoms with Gasteiger partial charge in [0.05, 0.1) is 0 Å². The van der Waals surface area contributed by atoms with E-state index in [1.807, 2.05) is 36.4 Å². The number of aromatic nitrogens is 2. The van der Waals surface area contributed by atoms with E-state index < -0.39 is 0 Å². The Morgan fingerprint density at radius 2 is 1.17 bits per heavy atom. The van der Waals surface area contributed by atoms with Crippen LogP contribution in [0.25, 0.3) is 22.2 Å². The lowest BCUT2D eigenvalue weighted by Gasteiger charge is -2.29. The van der Waals surface area contributed by atoms with Gasteiger partial charge in [0, 0.05) is 48.1 Å². The number of benzene rings is 2. The SMILES string of the molecule is CC1(C)CN=C(c2ccc3nc(Cc4nc5ccc(C6=NCC(C)(C)CN6)cc5o4)oc3c2)NC1. The molecule has 2 aliphatic rings. The van der Waals surface area contributed by atoms with Gasteiger partial charge < -0.3 is 19.5 Å². The van der Waals surface area contributed by atoms with E-state index in [9.17, 15) is 0 Å². The van der Waals surface area contributed by atoms with Gasteiger partial charge in [0.25, 0.3) is 0 Å². The lowest BCUT2D eigenvalue weighted by atomic mass is 9.92. The highest BCUT2D eigenvalue weighted by molar-refractivity contribution is 6.02. The molecule has 2 N–H and O–H groups in total. The van der Waals surface area contributed by atoms with Crippen LogP contribution in [0.4, 0.5) is 0 Å². The molecule has 0 spiro atoms. The zero-order chi connectivity index (χ0) is 24.2. The second-order valence-electron chi connectivity index (χ2n) is 11.1. The van der Waals surface area contributed by atoms with Gasteiger partial charge in [-0.1, -0.05) is 27.7 Å². The largest absolute Gasteiger partial charge is 0.440 e. The van der Waals surface area contributed by atoms with E-state index in [4.69, 9.17) is 18.8 Å². The van der Waals surface area contributed by atoms with Crippen molar-refractivity contribution in [3.05, 3.63) is 59.3 Å². The summed E-state index contributed by atoms with van der Waals surface area (Å²) in [6.45, 7) is 12.2. The number of aliphatic imine (C=N–C) groups is 2. The third kappa shape index (κ3) is 4.40. The average molecular weight is 471 g/mol. The molecule has 180 valence electrons. The van der Waals surface area contributed by atoms with Crippen LogP contribution in [0.15, 0.2) is 55.2 Å². The average Bonchev–Trinajstić information content (AvgIpc) is 3.40. The minimum atomic E-state index is 0.171. The molecule has 0 aliphatic carbocycles. The molecular weight excluding hydrogens is 440 g/mol. The van der Waals surface area contributed by atoms with Gasteiger partial charge in [-0.25, -0.2) is 9.97 Å². The first-order chi connectivity index (χ1) is 16.7. The molecule has 0 unspecified atom stereocenters. The molecule has 0 saturated heterocycles. The Balaban J connectivity index is 1.22. The number of rotatable bonds is 4. The summed E-state index contributed by atoms with van der Waals surface area (Å²) in [6.07, 6.45) is 0.384. The predicted molar refractivity (Wildman–Crippen MR) is 137 cm³/mol. The summed E-state index contributed by atoms with van der Waals surface area (Å²) in [7, 11) is 0. The Morgan fingerprint density at radius 3 is 1.57 bits per heavy atom. The number of oxazole rings is 2. The van der Waals surface area contributed by atoms with E-state index in [1.165, 1.54) is 0 Å². The smallest absolute Gasteiger partial charge is 0.204 e. The maximum absolute atomic E-state index is 6.06. The van der Waals surface area contributed by atoms with Crippen molar-refractivity contribution in [2.75, 3.05) is 26.2 Å². The van der Waals surface area contributed by atoms with Crippen LogP contribution in [0, 0.1) is 10.8 Å². The zero-order valence-electron chi connectivity index (χ0n) is 20.6. The molecule has 2 aromatic carbocycles. The van der Waals surface area contributed by atoms with Crippen molar-refractivity contribution in [2.45, 2.75) is 34.1 Å². The van der Waals surface area contributed by atoms with E-state index in [0.29, 0.717) is 18.2 Å². The van der Waals surface area contributed by atoms with Gasteiger partial charge in [-0.3, -0.25) is 9.98 Å². The van der Waals surface area contributed by atoms with E-state index >= 15 is 0 Å². The Kier molecular flexibility index (Phi) is 4.95. The zero-order valence-corrected chi connectivity index (χ0v) is 20.6. The van der Waals surface area contributed by atoms with Crippen LogP contribution in [0.5, 0.6) is 0 Å². The van der Waals surface area contributed by atoms with Crippen LogP contribution in [-0.2, 0) is 6.42 Å². The molecule has 4 aromatic rings. The summed E-state index contributed by atoms with van der Waals surface area (Å²) < 4.78 is 12.1. The molecule has 2 aliphatic heterocycles. The van der Waals surface area contributed by atoms with Crippen LogP contribution in [0.1, 0.15) is 50.6 Å². The molecule has 0 fully saturated rings. The molecule has 0 saturated carbocycles. The number of nitrogens with zero attached hydrogens (tertiary/aromatic N) is 4. The molecule has 0 radical (unpaired) electrons. The second kappa shape index (κ2) is 7.93. The first-order valence-electron chi connectivity index (χ1n) is 12.1. The highest BCUT2D eigenvalue weighted by Gasteiger charge is 2.24. The molecule has 0 bridgehead atoms. The molecule has 35 heavy (non-hydrogen) atoms. The van der Waals surface area contributed by atoms with Crippen LogP contribution in [-0.4, -0.2) is 47.8 Å². The standard InChI is InChI=1S/C27H30N6O2/c1-26(2)12-28-24(29-13-26)16-5-7-18-20(9-16)34-22(32-18)11-23-33-19-8-6-17(10-21(19)35-23)25-30-14-27(3,4)15-31-25/h5-10H,11-15H2,1-4H3,(H,28,29)(H,30,31). The Hall–Kier alpha value is -3.68. The van der Waals surface area contributed by atoms with Gasteiger partial charge in [-0.05, 0) is 36.4 Å². The molecular formula is C27H30N6O2. The highest BCUT2D eigenvalue weighted by atomic mass is 16.4. The maximum Gasteiger partial charge on any atom is 0.204 e. The number of hydrogen-bond donors (Lipinski definition) is 2. The number of nitrogens with one attached hydrogen (secondary N) is 2. The van der Waals surface area contributed by atoms with Gasteiger partial charge in [-0.15, -0.1) is 0 Å². The fourth-order valence-corrected chi connectivity index (χ4v) is 4.36. The summed E-state index contributed by atoms with van der Waals surface area (Å²) in [5.41, 5.74) is 5.44. The Morgan fingerprint density at radius 1 is 0.714 bits per heavy atom. The lowest BCUT2D eigenvalue weighted by Crippen LogP contribution is -2.41. The quantitative estimate of drug-likeness (QED) is 0.461. The van der Waals surface area contributed by atoms with Crippen molar-refractivity contribution in [2.24, 2.45) is 20.8 Å². The number of amidine groups is 2. The molecule has 8 heteroatoms. The third-order valence-electron chi connectivity index (χ3n) is 6.51. The maximum atomic E-state index is 6.06. The summed E-state index contributed by atoms with van der Waals surface area (Å²) in [4.78, 5) is 18.7. The molecule has 6 rings (SSSR count). The predicted octanol–water partition coefficient (Wildman–Crippen LogP) is 4.31. The summed E-state index contributed by atoms with van der Waals surface area (Å²) in [6, 6.07) is 12.0. The minimum Gasteiger partial charge on any atom is -0.440 e. The first-order valence-corrected chi connectivity index (χ1v) is 12.1. The van der Waals surface area contributed by atoms with Crippen molar-refractivity contribution >= 4 is 33.9 Å². The van der Waals surface area contributed by atoms with Crippen molar-refractivity contribution in [3.8, 4) is 0 Å². The normalized spacial score (nSPS) is 19.2. The van der Waals surface area contributed by atoms with Crippen molar-refractivity contribution in [1.29, 1.82) is 0 Å². The Labute approximate surface area is 204 Å². The van der Waals surface area contributed by atoms with Gasteiger partial charge >= 0.3 is 0 Å².